The van der Waals surface area contributed by atoms with Gasteiger partial charge in [-0.05, 0) is 51.7 Å². The smallest absolute Gasteiger partial charge is 0.0222 e. The van der Waals surface area contributed by atoms with Crippen LogP contribution in [0.2, 0.25) is 0 Å². The molecule has 0 aliphatic rings. The Kier molecular flexibility index (Phi) is 7.05. The van der Waals surface area contributed by atoms with E-state index in [-0.39, 0.29) is 0 Å². The quantitative estimate of drug-likeness (QED) is 0.749. The normalized spacial score (nSPS) is 14.6. The molecule has 0 radical (unpaired) electrons. The van der Waals surface area contributed by atoms with Crippen molar-refractivity contribution < 1.29 is 0 Å². The number of hydrogen-bond acceptors (Lipinski definition) is 3. The fourth-order valence-corrected chi connectivity index (χ4v) is 3.18. The molecule has 0 aliphatic carbocycles. The van der Waals surface area contributed by atoms with Crippen LogP contribution in [0.3, 0.4) is 0 Å². The van der Waals surface area contributed by atoms with Gasteiger partial charge in [-0.3, -0.25) is 0 Å². The van der Waals surface area contributed by atoms with E-state index in [2.05, 4.69) is 52.2 Å². The van der Waals surface area contributed by atoms with Crippen LogP contribution >= 0.6 is 11.3 Å². The van der Waals surface area contributed by atoms with Crippen molar-refractivity contribution in [3.05, 3.63) is 20.9 Å². The second-order valence-electron chi connectivity index (χ2n) is 5.55. The van der Waals surface area contributed by atoms with Crippen LogP contribution in [0.25, 0.3) is 0 Å². The van der Waals surface area contributed by atoms with E-state index in [0.717, 1.165) is 13.1 Å². The van der Waals surface area contributed by atoms with E-state index in [0.29, 0.717) is 12.1 Å². The summed E-state index contributed by atoms with van der Waals surface area (Å²) >= 11 is 1.93. The van der Waals surface area contributed by atoms with Crippen LogP contribution in [-0.4, -0.2) is 12.1 Å². The molecule has 2 nitrogen and oxygen atoms in total. The van der Waals surface area contributed by atoms with Gasteiger partial charge in [0.05, 0.1) is 0 Å². The van der Waals surface area contributed by atoms with Crippen LogP contribution < -0.4 is 10.6 Å². The largest absolute Gasteiger partial charge is 0.310 e. The zero-order valence-electron chi connectivity index (χ0n) is 13.4. The van der Waals surface area contributed by atoms with Gasteiger partial charge in [-0.25, -0.2) is 0 Å². The van der Waals surface area contributed by atoms with Crippen molar-refractivity contribution in [3.8, 4) is 0 Å². The molecule has 0 aliphatic heterocycles. The van der Waals surface area contributed by atoms with E-state index in [9.17, 15) is 0 Å². The molecule has 0 spiro atoms. The van der Waals surface area contributed by atoms with Gasteiger partial charge in [0.25, 0.3) is 0 Å². The molecule has 1 heterocycles. The SMILES string of the molecule is CC[C@@H](C)NCc1c(C)sc(C)c1CN[C@H](C)CC. The van der Waals surface area contributed by atoms with Crippen molar-refractivity contribution in [2.24, 2.45) is 0 Å². The second kappa shape index (κ2) is 8.03. The molecule has 1 aromatic heterocycles. The van der Waals surface area contributed by atoms with E-state index >= 15 is 0 Å². The third-order valence-corrected chi connectivity index (χ3v) is 5.10. The van der Waals surface area contributed by atoms with E-state index in [1.807, 2.05) is 11.3 Å². The highest BCUT2D eigenvalue weighted by atomic mass is 32.1. The van der Waals surface area contributed by atoms with Crippen molar-refractivity contribution in [3.63, 3.8) is 0 Å². The van der Waals surface area contributed by atoms with E-state index in [1.165, 1.54) is 33.7 Å². The minimum absolute atomic E-state index is 0.593. The van der Waals surface area contributed by atoms with Crippen LogP contribution in [0.1, 0.15) is 61.4 Å². The molecule has 0 bridgehead atoms. The van der Waals surface area contributed by atoms with Crippen LogP contribution in [0, 0.1) is 13.8 Å². The third kappa shape index (κ3) is 4.90. The van der Waals surface area contributed by atoms with Gasteiger partial charge in [0.2, 0.25) is 0 Å². The van der Waals surface area contributed by atoms with Gasteiger partial charge in [0.15, 0.2) is 0 Å². The molecule has 0 saturated heterocycles. The first-order valence-corrected chi connectivity index (χ1v) is 8.35. The van der Waals surface area contributed by atoms with Gasteiger partial charge in [-0.1, -0.05) is 13.8 Å². The zero-order valence-corrected chi connectivity index (χ0v) is 14.2. The molecule has 2 N–H and O–H groups in total. The Morgan fingerprint density at radius 3 is 1.53 bits per heavy atom. The summed E-state index contributed by atoms with van der Waals surface area (Å²) in [6.07, 6.45) is 2.37. The van der Waals surface area contributed by atoms with Crippen molar-refractivity contribution in [2.75, 3.05) is 0 Å². The van der Waals surface area contributed by atoms with E-state index < -0.39 is 0 Å². The minimum atomic E-state index is 0.593. The Hall–Kier alpha value is -0.380. The van der Waals surface area contributed by atoms with E-state index in [4.69, 9.17) is 0 Å². The Balaban J connectivity index is 2.73. The van der Waals surface area contributed by atoms with Gasteiger partial charge in [0.1, 0.15) is 0 Å². The molecule has 3 heteroatoms. The van der Waals surface area contributed by atoms with Gasteiger partial charge < -0.3 is 10.6 Å². The van der Waals surface area contributed by atoms with Crippen LogP contribution in [-0.2, 0) is 13.1 Å². The van der Waals surface area contributed by atoms with Crippen LogP contribution in [0.5, 0.6) is 0 Å². The summed E-state index contributed by atoms with van der Waals surface area (Å²) in [5, 5.41) is 7.25. The number of aryl methyl sites for hydroxylation is 2. The maximum Gasteiger partial charge on any atom is 0.0222 e. The fraction of sp³-hybridized carbons (Fsp3) is 0.750. The van der Waals surface area contributed by atoms with Crippen molar-refractivity contribution in [1.82, 2.24) is 10.6 Å². The van der Waals surface area contributed by atoms with Crippen molar-refractivity contribution in [1.29, 1.82) is 0 Å². The molecule has 1 rings (SSSR count). The topological polar surface area (TPSA) is 24.1 Å². The highest BCUT2D eigenvalue weighted by Crippen LogP contribution is 2.27. The molecule has 2 atom stereocenters. The molecule has 0 aromatic carbocycles. The highest BCUT2D eigenvalue weighted by Gasteiger charge is 2.13. The second-order valence-corrected chi connectivity index (χ2v) is 6.98. The Morgan fingerprint density at radius 2 is 1.21 bits per heavy atom. The molecule has 0 fully saturated rings. The molecule has 0 unspecified atom stereocenters. The average molecular weight is 282 g/mol. The lowest BCUT2D eigenvalue weighted by Gasteiger charge is -2.15. The van der Waals surface area contributed by atoms with Crippen molar-refractivity contribution in [2.45, 2.75) is 79.6 Å². The summed E-state index contributed by atoms with van der Waals surface area (Å²) in [7, 11) is 0. The molecular weight excluding hydrogens is 252 g/mol. The first kappa shape index (κ1) is 16.7. The first-order chi connectivity index (χ1) is 8.99. The molecule has 19 heavy (non-hydrogen) atoms. The van der Waals surface area contributed by atoms with Gasteiger partial charge in [-0.2, -0.15) is 0 Å². The van der Waals surface area contributed by atoms with Crippen molar-refractivity contribution >= 4 is 11.3 Å². The summed E-state index contributed by atoms with van der Waals surface area (Å²) in [5.74, 6) is 0. The predicted octanol–water partition coefficient (Wildman–Crippen LogP) is 4.14. The lowest BCUT2D eigenvalue weighted by Crippen LogP contribution is -2.27. The summed E-state index contributed by atoms with van der Waals surface area (Å²) < 4.78 is 0. The number of nitrogens with one attached hydrogen (secondary N) is 2. The number of rotatable bonds is 8. The predicted molar refractivity (Wildman–Crippen MR) is 87.0 cm³/mol. The summed E-state index contributed by atoms with van der Waals surface area (Å²) in [6.45, 7) is 15.5. The van der Waals surface area contributed by atoms with Gasteiger partial charge >= 0.3 is 0 Å². The van der Waals surface area contributed by atoms with Crippen LogP contribution in [0.4, 0.5) is 0 Å². The molecule has 1 aromatic rings. The standard InChI is InChI=1S/C16H30N2S/c1-7-11(3)17-9-15-13(5)19-14(6)16(15)10-18-12(4)8-2/h11-12,17-18H,7-10H2,1-6H3/t11-,12-/m1/s1. The Labute approximate surface area is 123 Å². The highest BCUT2D eigenvalue weighted by molar-refractivity contribution is 7.12. The average Bonchev–Trinajstić information content (AvgIpc) is 2.67. The lowest BCUT2D eigenvalue weighted by atomic mass is 10.1. The lowest BCUT2D eigenvalue weighted by molar-refractivity contribution is 0.518. The maximum atomic E-state index is 3.62. The molecular formula is C16H30N2S. The molecule has 110 valence electrons. The zero-order chi connectivity index (χ0) is 14.4. The third-order valence-electron chi connectivity index (χ3n) is 4.00. The summed E-state index contributed by atoms with van der Waals surface area (Å²) in [5.41, 5.74) is 3.03. The molecule has 0 amide bonds. The fourth-order valence-electron chi connectivity index (χ4n) is 2.08. The number of hydrogen-bond donors (Lipinski definition) is 2. The van der Waals surface area contributed by atoms with Gasteiger partial charge in [0, 0.05) is 34.9 Å². The minimum Gasteiger partial charge on any atom is -0.310 e. The number of thiophene rings is 1. The summed E-state index contributed by atoms with van der Waals surface area (Å²) in [4.78, 5) is 2.93. The van der Waals surface area contributed by atoms with Gasteiger partial charge in [-0.15, -0.1) is 11.3 Å². The maximum absolute atomic E-state index is 3.62. The Morgan fingerprint density at radius 1 is 0.842 bits per heavy atom. The first-order valence-electron chi connectivity index (χ1n) is 7.54. The van der Waals surface area contributed by atoms with E-state index in [1.54, 1.807) is 0 Å². The summed E-state index contributed by atoms with van der Waals surface area (Å²) in [6, 6.07) is 1.19. The Bertz CT molecular complexity index is 350. The molecule has 0 saturated carbocycles. The monoisotopic (exact) mass is 282 g/mol. The van der Waals surface area contributed by atoms with Crippen LogP contribution in [0.15, 0.2) is 0 Å².